The molecule has 110 valence electrons. The maximum absolute atomic E-state index is 9.67. The van der Waals surface area contributed by atoms with E-state index >= 15 is 0 Å². The number of thiol groups is 1. The van der Waals surface area contributed by atoms with Gasteiger partial charge in [-0.1, -0.05) is 0 Å². The van der Waals surface area contributed by atoms with Crippen LogP contribution in [0.15, 0.2) is 12.5 Å². The average molecular weight is 302 g/mol. The van der Waals surface area contributed by atoms with Crippen LogP contribution < -0.4 is 10.4 Å². The summed E-state index contributed by atoms with van der Waals surface area (Å²) >= 11 is 4.29. The first-order valence-electron chi connectivity index (χ1n) is 5.94. The van der Waals surface area contributed by atoms with Gasteiger partial charge >= 0.3 is 0 Å². The van der Waals surface area contributed by atoms with Crippen molar-refractivity contribution in [1.29, 1.82) is 0 Å². The second-order valence-corrected chi connectivity index (χ2v) is 4.94. The minimum atomic E-state index is -1.42. The lowest BCUT2D eigenvalue weighted by Crippen LogP contribution is -2.38. The molecule has 5 atom stereocenters. The molecule has 0 aromatic carbocycles. The van der Waals surface area contributed by atoms with Crippen LogP contribution in [0.1, 0.15) is 0 Å². The fourth-order valence-corrected chi connectivity index (χ4v) is 2.38. The summed E-state index contributed by atoms with van der Waals surface area (Å²) in [6, 6.07) is 0. The molecule has 10 heteroatoms. The number of nitrogens with zero attached hydrogens (tertiary/aromatic N) is 3. The number of hydroxylamine groups is 1. The lowest BCUT2D eigenvalue weighted by Gasteiger charge is -2.23. The topological polar surface area (TPSA) is 120 Å². The summed E-state index contributed by atoms with van der Waals surface area (Å²) < 4.78 is 4.99. The zero-order chi connectivity index (χ0) is 14.3. The zero-order valence-electron chi connectivity index (χ0n) is 10.2. The van der Waals surface area contributed by atoms with E-state index < -0.39 is 30.1 Å². The number of hydrogen-bond acceptors (Lipinski definition) is 10. The van der Waals surface area contributed by atoms with Gasteiger partial charge in [-0.25, -0.2) is 15.0 Å². The summed E-state index contributed by atoms with van der Waals surface area (Å²) in [6.07, 6.45) is -1.87. The molecule has 20 heavy (non-hydrogen) atoms. The molecule has 2 aliphatic heterocycles. The highest BCUT2D eigenvalue weighted by atomic mass is 32.1. The normalized spacial score (nSPS) is 36.0. The summed E-state index contributed by atoms with van der Waals surface area (Å²) in [5, 5.41) is 32.7. The van der Waals surface area contributed by atoms with Crippen LogP contribution in [0.2, 0.25) is 0 Å². The number of rotatable bonds is 3. The fraction of sp³-hybridized carbons (Fsp3) is 0.600. The Morgan fingerprint density at radius 2 is 2.20 bits per heavy atom. The summed E-state index contributed by atoms with van der Waals surface area (Å²) in [7, 11) is 0. The fourth-order valence-electron chi connectivity index (χ4n) is 2.07. The molecular weight excluding hydrogens is 288 g/mol. The van der Waals surface area contributed by atoms with E-state index in [1.165, 1.54) is 11.4 Å². The maximum atomic E-state index is 9.67. The van der Waals surface area contributed by atoms with Crippen LogP contribution in [-0.2, 0) is 9.57 Å². The molecule has 9 nitrogen and oxygen atoms in total. The lowest BCUT2D eigenvalue weighted by molar-refractivity contribution is -0.138. The van der Waals surface area contributed by atoms with Crippen LogP contribution in [-0.4, -0.2) is 62.0 Å². The van der Waals surface area contributed by atoms with Crippen LogP contribution in [0, 0.1) is 0 Å². The molecule has 1 aromatic heterocycles. The molecule has 1 fully saturated rings. The largest absolute Gasteiger partial charge is 0.387 e. The zero-order valence-corrected chi connectivity index (χ0v) is 11.1. The van der Waals surface area contributed by atoms with Crippen LogP contribution in [0.25, 0.3) is 0 Å². The molecule has 4 N–H and O–H groups in total. The predicted octanol–water partition coefficient (Wildman–Crippen LogP) is -1.71. The lowest BCUT2D eigenvalue weighted by atomic mass is 10.1. The number of aliphatic hydroxyl groups is 3. The van der Waals surface area contributed by atoms with Crippen LogP contribution in [0.3, 0.4) is 0 Å². The van der Waals surface area contributed by atoms with Gasteiger partial charge in [0.25, 0.3) is 0 Å². The number of aromatic nitrogens is 2. The SMILES string of the molecule is O[C@H]1[C@H](O)[C@H](CON2c3ncncc3NC2S)O[C@H]1O. The van der Waals surface area contributed by atoms with Gasteiger partial charge in [0, 0.05) is 0 Å². The van der Waals surface area contributed by atoms with Crippen molar-refractivity contribution in [3.63, 3.8) is 0 Å². The van der Waals surface area contributed by atoms with E-state index in [1.54, 1.807) is 6.20 Å². The second-order valence-electron chi connectivity index (χ2n) is 4.45. The Bertz CT molecular complexity index is 494. The Kier molecular flexibility index (Phi) is 3.67. The van der Waals surface area contributed by atoms with E-state index in [2.05, 4.69) is 27.9 Å². The monoisotopic (exact) mass is 302 g/mol. The van der Waals surface area contributed by atoms with E-state index in [0.717, 1.165) is 0 Å². The molecular formula is C10H14N4O5S. The van der Waals surface area contributed by atoms with Gasteiger partial charge < -0.3 is 25.4 Å². The first kappa shape index (κ1) is 13.8. The Labute approximate surface area is 119 Å². The van der Waals surface area contributed by atoms with Crippen LogP contribution >= 0.6 is 12.6 Å². The minimum absolute atomic E-state index is 0.0720. The summed E-state index contributed by atoms with van der Waals surface area (Å²) in [4.78, 5) is 13.4. The Balaban J connectivity index is 1.65. The van der Waals surface area contributed by atoms with Gasteiger partial charge in [0.1, 0.15) is 36.9 Å². The Hall–Kier alpha value is -1.17. The van der Waals surface area contributed by atoms with Crippen molar-refractivity contribution >= 4 is 24.1 Å². The van der Waals surface area contributed by atoms with E-state index in [1.807, 2.05) is 0 Å². The highest BCUT2D eigenvalue weighted by Gasteiger charge is 2.42. The third-order valence-corrected chi connectivity index (χ3v) is 3.46. The summed E-state index contributed by atoms with van der Waals surface area (Å²) in [5.74, 6) is 0.508. The number of fused-ring (bicyclic) bond motifs is 1. The van der Waals surface area contributed by atoms with Crippen molar-refractivity contribution in [3.05, 3.63) is 12.5 Å². The van der Waals surface area contributed by atoms with E-state index in [-0.39, 0.29) is 6.61 Å². The van der Waals surface area contributed by atoms with Crippen molar-refractivity contribution in [2.45, 2.75) is 30.1 Å². The van der Waals surface area contributed by atoms with Gasteiger partial charge in [-0.05, 0) is 0 Å². The van der Waals surface area contributed by atoms with Crippen molar-refractivity contribution < 1.29 is 24.9 Å². The van der Waals surface area contributed by atoms with Crippen molar-refractivity contribution in [3.8, 4) is 0 Å². The maximum Gasteiger partial charge on any atom is 0.184 e. The molecule has 0 spiro atoms. The van der Waals surface area contributed by atoms with Crippen LogP contribution in [0.4, 0.5) is 11.5 Å². The van der Waals surface area contributed by atoms with Crippen molar-refractivity contribution in [2.24, 2.45) is 0 Å². The average Bonchev–Trinajstić information content (AvgIpc) is 2.88. The number of hydrogen-bond donors (Lipinski definition) is 5. The molecule has 0 bridgehead atoms. The molecule has 0 aliphatic carbocycles. The molecule has 3 rings (SSSR count). The highest BCUT2D eigenvalue weighted by Crippen LogP contribution is 2.33. The smallest absolute Gasteiger partial charge is 0.184 e. The van der Waals surface area contributed by atoms with Gasteiger partial charge in [0.15, 0.2) is 17.6 Å². The van der Waals surface area contributed by atoms with E-state index in [4.69, 9.17) is 9.57 Å². The Morgan fingerprint density at radius 3 is 2.90 bits per heavy atom. The third-order valence-electron chi connectivity index (χ3n) is 3.12. The molecule has 1 aromatic rings. The van der Waals surface area contributed by atoms with E-state index in [0.29, 0.717) is 11.5 Å². The minimum Gasteiger partial charge on any atom is -0.387 e. The Morgan fingerprint density at radius 1 is 1.40 bits per heavy atom. The predicted molar refractivity (Wildman–Crippen MR) is 69.8 cm³/mol. The molecule has 1 saturated heterocycles. The van der Waals surface area contributed by atoms with E-state index in [9.17, 15) is 15.3 Å². The number of anilines is 2. The quantitative estimate of drug-likeness (QED) is 0.416. The molecule has 2 aliphatic rings. The summed E-state index contributed by atoms with van der Waals surface area (Å²) in [5.41, 5.74) is 0.204. The van der Waals surface area contributed by atoms with Gasteiger partial charge in [0.2, 0.25) is 0 Å². The summed E-state index contributed by atoms with van der Waals surface area (Å²) in [6.45, 7) is -0.0720. The first-order valence-corrected chi connectivity index (χ1v) is 6.46. The second kappa shape index (κ2) is 5.31. The van der Waals surface area contributed by atoms with Gasteiger partial charge in [-0.3, -0.25) is 4.84 Å². The third kappa shape index (κ3) is 2.30. The number of nitrogens with one attached hydrogen (secondary N) is 1. The number of ether oxygens (including phenoxy) is 1. The van der Waals surface area contributed by atoms with Crippen molar-refractivity contribution in [2.75, 3.05) is 17.0 Å². The van der Waals surface area contributed by atoms with Gasteiger partial charge in [0.05, 0.1) is 6.20 Å². The van der Waals surface area contributed by atoms with Crippen molar-refractivity contribution in [1.82, 2.24) is 9.97 Å². The van der Waals surface area contributed by atoms with Gasteiger partial charge in [-0.15, -0.1) is 12.6 Å². The molecule has 0 radical (unpaired) electrons. The molecule has 0 saturated carbocycles. The number of aliphatic hydroxyl groups excluding tert-OH is 3. The standard InChI is InChI=1S/C10H14N4O5S/c15-6-5(19-9(17)7(6)16)2-18-14-8-4(13-10(14)20)1-11-3-12-8/h1,3,5-7,9-10,13,15-17,20H,2H2/t5-,6+,7-,9+,10?/m0/s1. The highest BCUT2D eigenvalue weighted by molar-refractivity contribution is 7.81. The van der Waals surface area contributed by atoms with Gasteiger partial charge in [-0.2, -0.15) is 0 Å². The molecule has 3 heterocycles. The molecule has 0 amide bonds. The van der Waals surface area contributed by atoms with Crippen LogP contribution in [0.5, 0.6) is 0 Å². The first-order chi connectivity index (χ1) is 9.58. The molecule has 1 unspecified atom stereocenters.